The first kappa shape index (κ1) is 12.2. The van der Waals surface area contributed by atoms with Gasteiger partial charge in [-0.3, -0.25) is 9.35 Å². The minimum absolute atomic E-state index is 0.219. The molecule has 0 aliphatic carbocycles. The van der Waals surface area contributed by atoms with Crippen LogP contribution in [0.5, 0.6) is 0 Å². The van der Waals surface area contributed by atoms with Crippen LogP contribution in [-0.2, 0) is 9.15 Å². The highest BCUT2D eigenvalue weighted by Crippen LogP contribution is 2.13. The van der Waals surface area contributed by atoms with Crippen molar-refractivity contribution < 1.29 is 17.8 Å². The molecule has 82 valence electrons. The van der Waals surface area contributed by atoms with E-state index in [1.807, 2.05) is 6.92 Å². The van der Waals surface area contributed by atoms with Crippen molar-refractivity contribution >= 4 is 25.7 Å². The normalized spacial score (nSPS) is 11.3. The Bertz CT molecular complexity index is 448. The maximum atomic E-state index is 11.4. The Kier molecular flexibility index (Phi) is 3.90. The molecule has 0 aliphatic heterocycles. The first-order valence-electron chi connectivity index (χ1n) is 4.10. The van der Waals surface area contributed by atoms with Crippen molar-refractivity contribution in [2.45, 2.75) is 6.92 Å². The average Bonchev–Trinajstić information content (AvgIpc) is 2.14. The Balaban J connectivity index is 2.66. The molecular formula is C9H10O4S2. The lowest BCUT2D eigenvalue weighted by molar-refractivity contribution is 0.102. The summed E-state index contributed by atoms with van der Waals surface area (Å²) in [6, 6.07) is 6.79. The zero-order chi connectivity index (χ0) is 11.5. The van der Waals surface area contributed by atoms with E-state index in [4.69, 9.17) is 4.55 Å². The topological polar surface area (TPSA) is 71.4 Å². The standard InChI is InChI=1S/C9H10O4S2/c1-7-2-4-8(5-3-7)9(10)6-14-15(11,12)13/h2-5H,6H2,1H3,(H,11,12,13). The van der Waals surface area contributed by atoms with E-state index in [9.17, 15) is 13.2 Å². The van der Waals surface area contributed by atoms with Crippen LogP contribution in [0.2, 0.25) is 0 Å². The summed E-state index contributed by atoms with van der Waals surface area (Å²) >= 11 is 0. The molecule has 4 nitrogen and oxygen atoms in total. The van der Waals surface area contributed by atoms with E-state index in [0.29, 0.717) is 5.56 Å². The van der Waals surface area contributed by atoms with E-state index in [0.717, 1.165) is 5.56 Å². The molecule has 15 heavy (non-hydrogen) atoms. The lowest BCUT2D eigenvalue weighted by Crippen LogP contribution is -2.04. The Hall–Kier alpha value is -0.850. The summed E-state index contributed by atoms with van der Waals surface area (Å²) in [5.74, 6) is -0.598. The summed E-state index contributed by atoms with van der Waals surface area (Å²) in [7, 11) is -3.92. The molecule has 1 aromatic carbocycles. The zero-order valence-electron chi connectivity index (χ0n) is 8.00. The number of carbonyl (C=O) groups is 1. The number of Topliss-reactive ketones (excluding diaryl/α,β-unsaturated/α-hetero) is 1. The van der Waals surface area contributed by atoms with Crippen LogP contribution in [0.25, 0.3) is 0 Å². The number of rotatable bonds is 4. The molecule has 0 radical (unpaired) electrons. The van der Waals surface area contributed by atoms with Crippen molar-refractivity contribution in [1.82, 2.24) is 0 Å². The smallest absolute Gasteiger partial charge is 0.293 e. The fraction of sp³-hybridized carbons (Fsp3) is 0.222. The van der Waals surface area contributed by atoms with Crippen molar-refractivity contribution in [3.05, 3.63) is 35.4 Å². The second kappa shape index (κ2) is 4.78. The third-order valence-electron chi connectivity index (χ3n) is 1.71. The van der Waals surface area contributed by atoms with E-state index in [1.165, 1.54) is 0 Å². The van der Waals surface area contributed by atoms with E-state index < -0.39 is 9.15 Å². The molecule has 1 rings (SSSR count). The molecule has 6 heteroatoms. The molecule has 0 saturated heterocycles. The molecule has 0 unspecified atom stereocenters. The average molecular weight is 246 g/mol. The maximum Gasteiger partial charge on any atom is 0.320 e. The first-order chi connectivity index (χ1) is 6.88. The summed E-state index contributed by atoms with van der Waals surface area (Å²) in [4.78, 5) is 11.4. The van der Waals surface area contributed by atoms with Crippen molar-refractivity contribution in [3.63, 3.8) is 0 Å². The predicted octanol–water partition coefficient (Wildman–Crippen LogP) is 1.71. The summed E-state index contributed by atoms with van der Waals surface area (Å²) in [6.45, 7) is 1.89. The van der Waals surface area contributed by atoms with Crippen LogP contribution in [0.15, 0.2) is 24.3 Å². The summed E-state index contributed by atoms with van der Waals surface area (Å²) in [5, 5.41) is 0. The zero-order valence-corrected chi connectivity index (χ0v) is 9.64. The summed E-state index contributed by atoms with van der Waals surface area (Å²) in [6.07, 6.45) is 0. The number of hydrogen-bond donors (Lipinski definition) is 1. The molecule has 0 aromatic heterocycles. The van der Waals surface area contributed by atoms with Gasteiger partial charge in [-0.05, 0) is 6.92 Å². The minimum Gasteiger partial charge on any atom is -0.293 e. The molecule has 0 fully saturated rings. The molecule has 0 amide bonds. The third kappa shape index (κ3) is 4.46. The van der Waals surface area contributed by atoms with Gasteiger partial charge in [-0.25, -0.2) is 0 Å². The van der Waals surface area contributed by atoms with Gasteiger partial charge in [0.2, 0.25) is 0 Å². The van der Waals surface area contributed by atoms with Crippen molar-refractivity contribution in [3.8, 4) is 0 Å². The van der Waals surface area contributed by atoms with Gasteiger partial charge < -0.3 is 0 Å². The predicted molar refractivity (Wildman–Crippen MR) is 59.5 cm³/mol. The lowest BCUT2D eigenvalue weighted by Gasteiger charge is -1.99. The minimum atomic E-state index is -4.14. The van der Waals surface area contributed by atoms with Crippen LogP contribution < -0.4 is 0 Å². The van der Waals surface area contributed by atoms with Crippen LogP contribution >= 0.6 is 10.8 Å². The van der Waals surface area contributed by atoms with E-state index in [-0.39, 0.29) is 22.3 Å². The first-order valence-corrected chi connectivity index (χ1v) is 7.04. The fourth-order valence-corrected chi connectivity index (χ4v) is 2.14. The highest BCUT2D eigenvalue weighted by molar-refractivity contribution is 8.70. The quantitative estimate of drug-likeness (QED) is 0.497. The van der Waals surface area contributed by atoms with E-state index >= 15 is 0 Å². The maximum absolute atomic E-state index is 11.4. The van der Waals surface area contributed by atoms with Gasteiger partial charge in [-0.15, -0.1) is 0 Å². The van der Waals surface area contributed by atoms with Gasteiger partial charge in [0.05, 0.1) is 5.75 Å². The Labute approximate surface area is 91.8 Å². The van der Waals surface area contributed by atoms with Crippen LogP contribution in [-0.4, -0.2) is 24.5 Å². The molecule has 0 saturated carbocycles. The molecule has 0 bridgehead atoms. The van der Waals surface area contributed by atoms with Crippen molar-refractivity contribution in [1.29, 1.82) is 0 Å². The van der Waals surface area contributed by atoms with Gasteiger partial charge in [-0.1, -0.05) is 29.8 Å². The molecule has 1 N–H and O–H groups in total. The second-order valence-electron chi connectivity index (χ2n) is 2.98. The Morgan fingerprint density at radius 3 is 2.33 bits per heavy atom. The van der Waals surface area contributed by atoms with Crippen LogP contribution in [0.4, 0.5) is 0 Å². The van der Waals surface area contributed by atoms with Crippen LogP contribution in [0, 0.1) is 6.92 Å². The monoisotopic (exact) mass is 246 g/mol. The summed E-state index contributed by atoms with van der Waals surface area (Å²) < 4.78 is 29.2. The molecule has 0 heterocycles. The number of ketones is 1. The lowest BCUT2D eigenvalue weighted by atomic mass is 10.1. The van der Waals surface area contributed by atoms with Crippen molar-refractivity contribution in [2.75, 3.05) is 5.75 Å². The Morgan fingerprint density at radius 1 is 1.33 bits per heavy atom. The van der Waals surface area contributed by atoms with Crippen LogP contribution in [0.3, 0.4) is 0 Å². The largest absolute Gasteiger partial charge is 0.320 e. The molecule has 1 aromatic rings. The second-order valence-corrected chi connectivity index (χ2v) is 6.33. The highest BCUT2D eigenvalue weighted by atomic mass is 33.1. The van der Waals surface area contributed by atoms with Gasteiger partial charge in [0.25, 0.3) is 0 Å². The fourth-order valence-electron chi connectivity index (χ4n) is 0.951. The molecular weight excluding hydrogens is 236 g/mol. The highest BCUT2D eigenvalue weighted by Gasteiger charge is 2.11. The third-order valence-corrected chi connectivity index (χ3v) is 3.64. The van der Waals surface area contributed by atoms with Gasteiger partial charge in [-0.2, -0.15) is 8.42 Å². The number of aryl methyl sites for hydroxylation is 1. The SMILES string of the molecule is Cc1ccc(C(=O)CSS(=O)(=O)O)cc1. The molecule has 0 spiro atoms. The van der Waals surface area contributed by atoms with Gasteiger partial charge in [0.15, 0.2) is 5.78 Å². The number of hydrogen-bond acceptors (Lipinski definition) is 4. The van der Waals surface area contributed by atoms with Gasteiger partial charge >= 0.3 is 9.15 Å². The molecule has 0 aliphatic rings. The van der Waals surface area contributed by atoms with Crippen LogP contribution in [0.1, 0.15) is 15.9 Å². The van der Waals surface area contributed by atoms with Crippen molar-refractivity contribution in [2.24, 2.45) is 0 Å². The Morgan fingerprint density at radius 2 is 1.87 bits per heavy atom. The molecule has 0 atom stereocenters. The van der Waals surface area contributed by atoms with Gasteiger partial charge in [0, 0.05) is 16.4 Å². The van der Waals surface area contributed by atoms with E-state index in [1.54, 1.807) is 24.3 Å². The van der Waals surface area contributed by atoms with E-state index in [2.05, 4.69) is 0 Å². The number of benzene rings is 1. The van der Waals surface area contributed by atoms with Gasteiger partial charge in [0.1, 0.15) is 0 Å². The summed E-state index contributed by atoms with van der Waals surface area (Å²) in [5.41, 5.74) is 1.46. The number of carbonyl (C=O) groups excluding carboxylic acids is 1.